The summed E-state index contributed by atoms with van der Waals surface area (Å²) in [7, 11) is 1.74. The van der Waals surface area contributed by atoms with Crippen LogP contribution in [0.15, 0.2) is 0 Å². The van der Waals surface area contributed by atoms with Crippen LogP contribution in [0.3, 0.4) is 0 Å². The Kier molecular flexibility index (Phi) is 5.79. The van der Waals surface area contributed by atoms with E-state index in [2.05, 4.69) is 0 Å². The van der Waals surface area contributed by atoms with Crippen LogP contribution in [0, 0.1) is 0 Å². The first kappa shape index (κ1) is 12.5. The average Bonchev–Trinajstić information content (AvgIpc) is 2.02. The Bertz CT molecular complexity index is 194. The molecule has 4 heteroatoms. The predicted molar refractivity (Wildman–Crippen MR) is 55.9 cm³/mol. The van der Waals surface area contributed by atoms with Crippen LogP contribution in [0.4, 0.5) is 0 Å². The van der Waals surface area contributed by atoms with Crippen molar-refractivity contribution in [3.8, 4) is 0 Å². The monoisotopic (exact) mass is 203 g/mol. The zero-order valence-corrected chi connectivity index (χ0v) is 9.48. The summed E-state index contributed by atoms with van der Waals surface area (Å²) >= 11 is 1.70. The first-order valence-corrected chi connectivity index (χ1v) is 5.62. The van der Waals surface area contributed by atoms with Crippen LogP contribution in [-0.4, -0.2) is 41.7 Å². The minimum absolute atomic E-state index is 0.0230. The summed E-state index contributed by atoms with van der Waals surface area (Å²) in [6.45, 7) is 3.42. The highest BCUT2D eigenvalue weighted by Crippen LogP contribution is 2.05. The maximum Gasteiger partial charge on any atom is 0.230 e. The van der Waals surface area contributed by atoms with Gasteiger partial charge in [-0.15, -0.1) is 0 Å². The molecule has 0 aromatic heterocycles. The number of amides is 1. The Morgan fingerprint density at radius 1 is 1.46 bits per heavy atom. The second-order valence-corrected chi connectivity index (χ2v) is 4.10. The van der Waals surface area contributed by atoms with Gasteiger partial charge >= 0.3 is 0 Å². The Labute approximate surface area is 83.9 Å². The maximum atomic E-state index is 11.4. The van der Waals surface area contributed by atoms with Crippen molar-refractivity contribution >= 4 is 23.5 Å². The summed E-state index contributed by atoms with van der Waals surface area (Å²) < 4.78 is 0. The largest absolute Gasteiger partial charge is 0.342 e. The quantitative estimate of drug-likeness (QED) is 0.630. The van der Waals surface area contributed by atoms with E-state index in [0.29, 0.717) is 0 Å². The van der Waals surface area contributed by atoms with Gasteiger partial charge in [0, 0.05) is 18.8 Å². The van der Waals surface area contributed by atoms with Gasteiger partial charge in [-0.3, -0.25) is 9.59 Å². The molecule has 0 radical (unpaired) electrons. The molecule has 0 heterocycles. The minimum Gasteiger partial charge on any atom is -0.342 e. The van der Waals surface area contributed by atoms with Gasteiger partial charge in [-0.2, -0.15) is 11.8 Å². The lowest BCUT2D eigenvalue weighted by atomic mass is 10.2. The summed E-state index contributed by atoms with van der Waals surface area (Å²) in [6, 6.07) is 0.196. The van der Waals surface area contributed by atoms with Gasteiger partial charge in [-0.1, -0.05) is 0 Å². The smallest absolute Gasteiger partial charge is 0.230 e. The van der Waals surface area contributed by atoms with Crippen molar-refractivity contribution in [2.45, 2.75) is 26.3 Å². The van der Waals surface area contributed by atoms with Gasteiger partial charge in [0.05, 0.1) is 6.42 Å². The molecule has 0 aromatic carbocycles. The van der Waals surface area contributed by atoms with E-state index in [0.717, 1.165) is 5.75 Å². The van der Waals surface area contributed by atoms with Crippen LogP contribution < -0.4 is 0 Å². The summed E-state index contributed by atoms with van der Waals surface area (Å²) in [5.74, 6) is 0.738. The normalized spacial score (nSPS) is 12.3. The standard InChI is InChI=1S/C9H17NO2S/c1-7(6-13-4)10(3)9(12)5-8(2)11/h7H,5-6H2,1-4H3. The molecule has 0 aliphatic carbocycles. The molecule has 0 fully saturated rings. The van der Waals surface area contributed by atoms with E-state index in [9.17, 15) is 9.59 Å². The van der Waals surface area contributed by atoms with Crippen molar-refractivity contribution in [1.29, 1.82) is 0 Å². The highest BCUT2D eigenvalue weighted by molar-refractivity contribution is 7.98. The summed E-state index contributed by atoms with van der Waals surface area (Å²) in [5, 5.41) is 0. The lowest BCUT2D eigenvalue weighted by Crippen LogP contribution is -2.37. The molecule has 3 nitrogen and oxygen atoms in total. The van der Waals surface area contributed by atoms with Gasteiger partial charge in [0.1, 0.15) is 5.78 Å². The highest BCUT2D eigenvalue weighted by Gasteiger charge is 2.16. The van der Waals surface area contributed by atoms with Gasteiger partial charge in [-0.25, -0.2) is 0 Å². The van der Waals surface area contributed by atoms with E-state index in [-0.39, 0.29) is 24.2 Å². The van der Waals surface area contributed by atoms with E-state index in [1.54, 1.807) is 23.7 Å². The molecule has 0 aromatic rings. The number of hydrogen-bond acceptors (Lipinski definition) is 3. The molecular formula is C9H17NO2S. The van der Waals surface area contributed by atoms with E-state index in [1.807, 2.05) is 13.2 Å². The highest BCUT2D eigenvalue weighted by atomic mass is 32.2. The molecule has 0 spiro atoms. The topological polar surface area (TPSA) is 37.4 Å². The molecule has 13 heavy (non-hydrogen) atoms. The van der Waals surface area contributed by atoms with E-state index < -0.39 is 0 Å². The molecule has 0 bridgehead atoms. The van der Waals surface area contributed by atoms with Crippen molar-refractivity contribution in [2.24, 2.45) is 0 Å². The number of hydrogen-bond donors (Lipinski definition) is 0. The van der Waals surface area contributed by atoms with Crippen LogP contribution in [0.1, 0.15) is 20.3 Å². The van der Waals surface area contributed by atoms with Crippen molar-refractivity contribution < 1.29 is 9.59 Å². The Morgan fingerprint density at radius 2 is 2.00 bits per heavy atom. The Balaban J connectivity index is 4.01. The van der Waals surface area contributed by atoms with Crippen LogP contribution in [-0.2, 0) is 9.59 Å². The number of Topliss-reactive ketones (excluding diaryl/α,β-unsaturated/α-hetero) is 1. The SMILES string of the molecule is CSCC(C)N(C)C(=O)CC(C)=O. The number of rotatable bonds is 5. The predicted octanol–water partition coefficient (Wildman–Crippen LogP) is 1.18. The molecule has 76 valence electrons. The fraction of sp³-hybridized carbons (Fsp3) is 0.778. The van der Waals surface area contributed by atoms with Crippen molar-refractivity contribution in [1.82, 2.24) is 4.90 Å². The first-order chi connectivity index (χ1) is 5.99. The third-order valence-electron chi connectivity index (χ3n) is 1.86. The molecule has 1 unspecified atom stereocenters. The second kappa shape index (κ2) is 6.02. The molecule has 1 atom stereocenters. The van der Waals surface area contributed by atoms with Gasteiger partial charge in [0.2, 0.25) is 5.91 Å². The molecule has 0 rings (SSSR count). The molecular weight excluding hydrogens is 186 g/mol. The van der Waals surface area contributed by atoms with E-state index in [4.69, 9.17) is 0 Å². The fourth-order valence-corrected chi connectivity index (χ4v) is 1.64. The zero-order valence-electron chi connectivity index (χ0n) is 8.66. The summed E-state index contributed by atoms with van der Waals surface area (Å²) in [5.41, 5.74) is 0. The van der Waals surface area contributed by atoms with Gasteiger partial charge in [0.25, 0.3) is 0 Å². The summed E-state index contributed by atoms with van der Waals surface area (Å²) in [4.78, 5) is 23.7. The number of thioether (sulfide) groups is 1. The van der Waals surface area contributed by atoms with Crippen LogP contribution >= 0.6 is 11.8 Å². The van der Waals surface area contributed by atoms with Crippen molar-refractivity contribution in [3.63, 3.8) is 0 Å². The second-order valence-electron chi connectivity index (χ2n) is 3.19. The third kappa shape index (κ3) is 4.93. The lowest BCUT2D eigenvalue weighted by Gasteiger charge is -2.23. The number of carbonyl (C=O) groups is 2. The zero-order chi connectivity index (χ0) is 10.4. The first-order valence-electron chi connectivity index (χ1n) is 4.23. The Morgan fingerprint density at radius 3 is 2.38 bits per heavy atom. The number of carbonyl (C=O) groups excluding carboxylic acids is 2. The van der Waals surface area contributed by atoms with Crippen molar-refractivity contribution in [3.05, 3.63) is 0 Å². The fourth-order valence-electron chi connectivity index (χ4n) is 0.936. The molecule has 0 saturated carbocycles. The summed E-state index contributed by atoms with van der Waals surface area (Å²) in [6.07, 6.45) is 2.02. The molecule has 0 N–H and O–H groups in total. The van der Waals surface area contributed by atoms with Gasteiger partial charge in [-0.05, 0) is 20.1 Å². The maximum absolute atomic E-state index is 11.4. The van der Waals surface area contributed by atoms with Crippen LogP contribution in [0.25, 0.3) is 0 Å². The van der Waals surface area contributed by atoms with Gasteiger partial charge in [0.15, 0.2) is 0 Å². The average molecular weight is 203 g/mol. The van der Waals surface area contributed by atoms with E-state index >= 15 is 0 Å². The van der Waals surface area contributed by atoms with Crippen molar-refractivity contribution in [2.75, 3.05) is 19.1 Å². The van der Waals surface area contributed by atoms with Crippen LogP contribution in [0.5, 0.6) is 0 Å². The molecule has 0 saturated heterocycles. The molecule has 1 amide bonds. The number of ketones is 1. The number of nitrogens with zero attached hydrogens (tertiary/aromatic N) is 1. The third-order valence-corrected chi connectivity index (χ3v) is 2.68. The minimum atomic E-state index is -0.0888. The molecule has 0 aliphatic rings. The van der Waals surface area contributed by atoms with Gasteiger partial charge < -0.3 is 4.90 Å². The van der Waals surface area contributed by atoms with E-state index in [1.165, 1.54) is 6.92 Å². The van der Waals surface area contributed by atoms with Crippen LogP contribution in [0.2, 0.25) is 0 Å². The lowest BCUT2D eigenvalue weighted by molar-refractivity contribution is -0.134. The molecule has 0 aliphatic heterocycles. The Hall–Kier alpha value is -0.510.